The van der Waals surface area contributed by atoms with Crippen molar-refractivity contribution in [1.29, 1.82) is 0 Å². The van der Waals surface area contributed by atoms with E-state index in [1.54, 1.807) is 16.2 Å². The lowest BCUT2D eigenvalue weighted by Crippen LogP contribution is -2.44. The second kappa shape index (κ2) is 5.80. The molecular weight excluding hydrogens is 246 g/mol. The molecule has 100 valence electrons. The minimum absolute atomic E-state index is 0.0111. The van der Waals surface area contributed by atoms with Gasteiger partial charge in [0.1, 0.15) is 0 Å². The number of thiazole rings is 1. The molecule has 0 aliphatic heterocycles. The zero-order valence-electron chi connectivity index (χ0n) is 11.1. The van der Waals surface area contributed by atoms with Crippen LogP contribution in [-0.4, -0.2) is 28.9 Å². The van der Waals surface area contributed by atoms with Gasteiger partial charge in [-0.15, -0.1) is 11.3 Å². The lowest BCUT2D eigenvalue weighted by Gasteiger charge is -2.31. The van der Waals surface area contributed by atoms with Crippen LogP contribution in [-0.2, 0) is 11.3 Å². The van der Waals surface area contributed by atoms with Crippen LogP contribution in [0.5, 0.6) is 0 Å². The Hall–Kier alpha value is -0.940. The first-order chi connectivity index (χ1) is 8.59. The third-order valence-electron chi connectivity index (χ3n) is 3.74. The summed E-state index contributed by atoms with van der Waals surface area (Å²) in [5.74, 6) is 0.201. The highest BCUT2D eigenvalue weighted by Gasteiger charge is 2.30. The van der Waals surface area contributed by atoms with Crippen LogP contribution in [0.15, 0.2) is 5.51 Å². The third-order valence-corrected chi connectivity index (χ3v) is 4.66. The number of amides is 1. The minimum Gasteiger partial charge on any atom is -0.340 e. The monoisotopic (exact) mass is 267 g/mol. The molecule has 2 atom stereocenters. The van der Waals surface area contributed by atoms with Crippen molar-refractivity contribution in [2.75, 3.05) is 7.05 Å². The van der Waals surface area contributed by atoms with Crippen LogP contribution in [0.2, 0.25) is 0 Å². The van der Waals surface area contributed by atoms with Gasteiger partial charge in [0.05, 0.1) is 23.7 Å². The summed E-state index contributed by atoms with van der Waals surface area (Å²) in [4.78, 5) is 19.6. The lowest BCUT2D eigenvalue weighted by molar-refractivity contribution is -0.136. The largest absolute Gasteiger partial charge is 0.340 e. The molecule has 1 heterocycles. The number of hydrogen-bond donors (Lipinski definition) is 1. The highest BCUT2D eigenvalue weighted by molar-refractivity contribution is 7.09. The Morgan fingerprint density at radius 2 is 2.28 bits per heavy atom. The van der Waals surface area contributed by atoms with Crippen LogP contribution in [0, 0.1) is 12.8 Å². The van der Waals surface area contributed by atoms with Gasteiger partial charge in [-0.2, -0.15) is 0 Å². The molecule has 1 aromatic rings. The van der Waals surface area contributed by atoms with Crippen LogP contribution in [0.4, 0.5) is 0 Å². The number of nitrogens with two attached hydrogens (primary N) is 1. The van der Waals surface area contributed by atoms with Crippen molar-refractivity contribution in [1.82, 2.24) is 9.88 Å². The fourth-order valence-corrected chi connectivity index (χ4v) is 3.35. The molecule has 2 unspecified atom stereocenters. The second-order valence-corrected chi connectivity index (χ2v) is 6.05. The van der Waals surface area contributed by atoms with Gasteiger partial charge in [0.25, 0.3) is 0 Å². The van der Waals surface area contributed by atoms with Gasteiger partial charge in [-0.05, 0) is 19.8 Å². The summed E-state index contributed by atoms with van der Waals surface area (Å²) in [5.41, 5.74) is 8.91. The highest BCUT2D eigenvalue weighted by atomic mass is 32.1. The fraction of sp³-hybridized carbons (Fsp3) is 0.692. The average molecular weight is 267 g/mol. The Labute approximate surface area is 112 Å². The molecule has 0 aromatic carbocycles. The summed E-state index contributed by atoms with van der Waals surface area (Å²) in [5, 5.41) is 0. The molecule has 5 heteroatoms. The highest BCUT2D eigenvalue weighted by Crippen LogP contribution is 2.25. The van der Waals surface area contributed by atoms with Gasteiger partial charge in [0.2, 0.25) is 5.91 Å². The van der Waals surface area contributed by atoms with Gasteiger partial charge in [0, 0.05) is 18.0 Å². The Kier molecular flexibility index (Phi) is 4.35. The molecule has 1 aliphatic rings. The van der Waals surface area contributed by atoms with E-state index in [1.807, 2.05) is 19.5 Å². The van der Waals surface area contributed by atoms with Crippen LogP contribution in [0.1, 0.15) is 36.3 Å². The quantitative estimate of drug-likeness (QED) is 0.910. The molecule has 4 nitrogen and oxygen atoms in total. The summed E-state index contributed by atoms with van der Waals surface area (Å²) in [6.07, 6.45) is 4.19. The Bertz CT molecular complexity index is 418. The Balaban J connectivity index is 1.98. The molecule has 1 aromatic heterocycles. The number of carbonyl (C=O) groups excluding carboxylic acids is 1. The van der Waals surface area contributed by atoms with Crippen molar-refractivity contribution < 1.29 is 4.79 Å². The summed E-state index contributed by atoms with van der Waals surface area (Å²) >= 11 is 1.61. The van der Waals surface area contributed by atoms with Gasteiger partial charge in [-0.1, -0.05) is 12.8 Å². The number of hydrogen-bond acceptors (Lipinski definition) is 4. The maximum Gasteiger partial charge on any atom is 0.227 e. The van der Waals surface area contributed by atoms with E-state index in [0.29, 0.717) is 6.54 Å². The van der Waals surface area contributed by atoms with E-state index in [1.165, 1.54) is 0 Å². The van der Waals surface area contributed by atoms with Gasteiger partial charge >= 0.3 is 0 Å². The van der Waals surface area contributed by atoms with E-state index < -0.39 is 0 Å². The molecule has 0 bridgehead atoms. The zero-order chi connectivity index (χ0) is 13.1. The molecule has 1 fully saturated rings. The molecule has 1 amide bonds. The normalized spacial score (nSPS) is 23.9. The van der Waals surface area contributed by atoms with E-state index in [4.69, 9.17) is 5.73 Å². The summed E-state index contributed by atoms with van der Waals surface area (Å²) < 4.78 is 0. The number of nitrogens with zero attached hydrogens (tertiary/aromatic N) is 2. The first kappa shape index (κ1) is 13.5. The van der Waals surface area contributed by atoms with E-state index >= 15 is 0 Å². The smallest absolute Gasteiger partial charge is 0.227 e. The lowest BCUT2D eigenvalue weighted by atomic mass is 9.84. The minimum atomic E-state index is 0.0111. The topological polar surface area (TPSA) is 59.2 Å². The van der Waals surface area contributed by atoms with E-state index in [2.05, 4.69) is 4.98 Å². The molecule has 1 saturated carbocycles. The van der Waals surface area contributed by atoms with Crippen molar-refractivity contribution >= 4 is 17.2 Å². The van der Waals surface area contributed by atoms with E-state index in [0.717, 1.165) is 36.3 Å². The van der Waals surface area contributed by atoms with Crippen LogP contribution in [0.25, 0.3) is 0 Å². The van der Waals surface area contributed by atoms with Crippen LogP contribution in [0.3, 0.4) is 0 Å². The zero-order valence-corrected chi connectivity index (χ0v) is 11.9. The molecule has 2 rings (SSSR count). The number of aromatic nitrogens is 1. The van der Waals surface area contributed by atoms with Crippen molar-refractivity contribution in [3.63, 3.8) is 0 Å². The van der Waals surface area contributed by atoms with Crippen molar-refractivity contribution in [2.45, 2.75) is 45.2 Å². The van der Waals surface area contributed by atoms with Crippen molar-refractivity contribution in [3.05, 3.63) is 16.1 Å². The maximum atomic E-state index is 12.4. The van der Waals surface area contributed by atoms with Gasteiger partial charge in [-0.25, -0.2) is 4.98 Å². The van der Waals surface area contributed by atoms with Gasteiger partial charge in [-0.3, -0.25) is 4.79 Å². The molecule has 2 N–H and O–H groups in total. The summed E-state index contributed by atoms with van der Waals surface area (Å²) in [6, 6.07) is 0.0382. The molecular formula is C13H21N3OS. The SMILES string of the molecule is Cc1ncsc1CN(C)C(=O)C1CCCCC1N. The fourth-order valence-electron chi connectivity index (χ4n) is 2.52. The van der Waals surface area contributed by atoms with Crippen LogP contribution >= 0.6 is 11.3 Å². The van der Waals surface area contributed by atoms with Crippen molar-refractivity contribution in [3.8, 4) is 0 Å². The van der Waals surface area contributed by atoms with Crippen LogP contribution < -0.4 is 5.73 Å². The molecule has 1 aliphatic carbocycles. The van der Waals surface area contributed by atoms with Gasteiger partial charge in [0.15, 0.2) is 0 Å². The third kappa shape index (κ3) is 2.90. The van der Waals surface area contributed by atoms with E-state index in [9.17, 15) is 4.79 Å². The Morgan fingerprint density at radius 3 is 2.89 bits per heavy atom. The summed E-state index contributed by atoms with van der Waals surface area (Å²) in [6.45, 7) is 2.63. The first-order valence-electron chi connectivity index (χ1n) is 6.49. The predicted octanol–water partition coefficient (Wildman–Crippen LogP) is 1.93. The predicted molar refractivity (Wildman–Crippen MR) is 73.3 cm³/mol. The number of aryl methyl sites for hydroxylation is 1. The maximum absolute atomic E-state index is 12.4. The summed E-state index contributed by atoms with van der Waals surface area (Å²) in [7, 11) is 1.86. The number of carbonyl (C=O) groups is 1. The average Bonchev–Trinajstić information content (AvgIpc) is 2.75. The molecule has 0 spiro atoms. The molecule has 0 radical (unpaired) electrons. The molecule has 0 saturated heterocycles. The second-order valence-electron chi connectivity index (χ2n) is 5.11. The first-order valence-corrected chi connectivity index (χ1v) is 7.37. The standard InChI is InChI=1S/C13H21N3OS/c1-9-12(18-8-15-9)7-16(2)13(17)10-5-3-4-6-11(10)14/h8,10-11H,3-7,14H2,1-2H3. The van der Waals surface area contributed by atoms with Gasteiger partial charge < -0.3 is 10.6 Å². The Morgan fingerprint density at radius 1 is 1.56 bits per heavy atom. The number of rotatable bonds is 3. The van der Waals surface area contributed by atoms with E-state index in [-0.39, 0.29) is 17.9 Å². The van der Waals surface area contributed by atoms with Crippen molar-refractivity contribution in [2.24, 2.45) is 11.7 Å². The molecule has 18 heavy (non-hydrogen) atoms.